The summed E-state index contributed by atoms with van der Waals surface area (Å²) >= 11 is 0. The van der Waals surface area contributed by atoms with Gasteiger partial charge in [0.05, 0.1) is 22.6 Å². The van der Waals surface area contributed by atoms with Gasteiger partial charge < -0.3 is 14.6 Å². The van der Waals surface area contributed by atoms with Gasteiger partial charge in [-0.05, 0) is 37.1 Å². The molecular weight excluding hydrogens is 400 g/mol. The molecule has 1 N–H and O–H groups in total. The highest BCUT2D eigenvalue weighted by Gasteiger charge is 2.29. The minimum Gasteiger partial charge on any atom is -0.423 e. The number of carbonyl (C=O) groups is 1. The van der Waals surface area contributed by atoms with Gasteiger partial charge in [-0.2, -0.15) is 4.98 Å². The molecule has 1 atom stereocenters. The van der Waals surface area contributed by atoms with Gasteiger partial charge in [0, 0.05) is 23.9 Å². The quantitative estimate of drug-likeness (QED) is 0.416. The molecule has 6 heteroatoms. The number of hydrogen-bond donors (Lipinski definition) is 1. The second-order valence-corrected chi connectivity index (χ2v) is 8.18. The molecule has 0 bridgehead atoms. The van der Waals surface area contributed by atoms with Crippen LogP contribution in [0, 0.1) is 0 Å². The van der Waals surface area contributed by atoms with Crippen LogP contribution in [0.4, 0.5) is 6.01 Å². The van der Waals surface area contributed by atoms with Crippen molar-refractivity contribution >= 4 is 44.8 Å². The monoisotopic (exact) mass is 422 g/mol. The zero-order valence-corrected chi connectivity index (χ0v) is 17.5. The molecule has 2 aromatic heterocycles. The van der Waals surface area contributed by atoms with Crippen LogP contribution in [-0.4, -0.2) is 35.0 Å². The van der Waals surface area contributed by atoms with E-state index >= 15 is 0 Å². The third-order valence-corrected chi connectivity index (χ3v) is 6.22. The Balaban J connectivity index is 1.29. The Labute approximate surface area is 184 Å². The number of fused-ring (bicyclic) bond motifs is 3. The van der Waals surface area contributed by atoms with Crippen LogP contribution in [0.1, 0.15) is 23.2 Å². The number of amides is 1. The highest BCUT2D eigenvalue weighted by atomic mass is 16.4. The smallest absolute Gasteiger partial charge is 0.298 e. The van der Waals surface area contributed by atoms with Crippen LogP contribution in [0.3, 0.4) is 0 Å². The molecule has 0 aliphatic carbocycles. The molecule has 1 aliphatic rings. The van der Waals surface area contributed by atoms with Crippen LogP contribution < -0.4 is 10.2 Å². The number of nitrogens with zero attached hydrogens (tertiary/aromatic N) is 3. The Hall–Kier alpha value is -3.93. The number of carbonyl (C=O) groups excluding carboxylic acids is 1. The average molecular weight is 422 g/mol. The molecule has 1 aliphatic heterocycles. The van der Waals surface area contributed by atoms with Crippen molar-refractivity contribution in [2.24, 2.45) is 0 Å². The number of nitrogens with one attached hydrogen (secondary N) is 1. The lowest BCUT2D eigenvalue weighted by molar-refractivity contribution is 0.0954. The highest BCUT2D eigenvalue weighted by molar-refractivity contribution is 6.16. The lowest BCUT2D eigenvalue weighted by Gasteiger charge is -2.23. The lowest BCUT2D eigenvalue weighted by Crippen LogP contribution is -2.40. The summed E-state index contributed by atoms with van der Waals surface area (Å²) in [7, 11) is 0. The molecule has 5 aromatic rings. The van der Waals surface area contributed by atoms with Crippen molar-refractivity contribution in [1.29, 1.82) is 0 Å². The topological polar surface area (TPSA) is 71.3 Å². The van der Waals surface area contributed by atoms with Crippen molar-refractivity contribution in [1.82, 2.24) is 15.3 Å². The number of pyridine rings is 1. The van der Waals surface area contributed by atoms with E-state index in [9.17, 15) is 4.79 Å². The standard InChI is InChI=1S/C26H22N4O2/c31-25(24-18-9-1-3-11-20(18)28-21-12-4-2-10-19(21)24)27-16-17-8-7-15-30(17)26-29-22-13-5-6-14-23(22)32-26/h1-6,9-14,17H,7-8,15-16H2,(H,27,31). The summed E-state index contributed by atoms with van der Waals surface area (Å²) in [4.78, 5) is 25.0. The van der Waals surface area contributed by atoms with E-state index in [4.69, 9.17) is 9.40 Å². The van der Waals surface area contributed by atoms with E-state index in [-0.39, 0.29) is 11.9 Å². The van der Waals surface area contributed by atoms with E-state index in [0.29, 0.717) is 18.1 Å². The maximum atomic E-state index is 13.4. The maximum Gasteiger partial charge on any atom is 0.298 e. The molecule has 32 heavy (non-hydrogen) atoms. The number of benzene rings is 3. The van der Waals surface area contributed by atoms with Crippen molar-refractivity contribution in [2.75, 3.05) is 18.0 Å². The SMILES string of the molecule is O=C(NCC1CCCN1c1nc2ccccc2o1)c1c2ccccc2nc2ccccc12. The van der Waals surface area contributed by atoms with Gasteiger partial charge in [-0.15, -0.1) is 0 Å². The molecule has 0 saturated carbocycles. The lowest BCUT2D eigenvalue weighted by atomic mass is 10.0. The molecule has 6 rings (SSSR count). The van der Waals surface area contributed by atoms with E-state index in [1.165, 1.54) is 0 Å². The van der Waals surface area contributed by atoms with Gasteiger partial charge in [-0.25, -0.2) is 4.98 Å². The number of para-hydroxylation sites is 4. The fourth-order valence-electron chi connectivity index (χ4n) is 4.67. The Morgan fingerprint density at radius 3 is 2.28 bits per heavy atom. The maximum absolute atomic E-state index is 13.4. The predicted molar refractivity (Wildman–Crippen MR) is 126 cm³/mol. The largest absolute Gasteiger partial charge is 0.423 e. The van der Waals surface area contributed by atoms with Crippen LogP contribution in [0.5, 0.6) is 0 Å². The zero-order chi connectivity index (χ0) is 21.5. The van der Waals surface area contributed by atoms with Gasteiger partial charge in [-0.3, -0.25) is 4.79 Å². The predicted octanol–water partition coefficient (Wildman–Crippen LogP) is 4.93. The molecule has 0 spiro atoms. The Morgan fingerprint density at radius 2 is 1.56 bits per heavy atom. The summed E-state index contributed by atoms with van der Waals surface area (Å²) in [6.45, 7) is 1.40. The zero-order valence-electron chi connectivity index (χ0n) is 17.5. The van der Waals surface area contributed by atoms with E-state index in [1.54, 1.807) is 0 Å². The average Bonchev–Trinajstić information content (AvgIpc) is 3.47. The first-order valence-electron chi connectivity index (χ1n) is 11.0. The van der Waals surface area contributed by atoms with Gasteiger partial charge >= 0.3 is 0 Å². The first-order valence-corrected chi connectivity index (χ1v) is 11.0. The first kappa shape index (κ1) is 18.8. The second kappa shape index (κ2) is 7.64. The third-order valence-electron chi connectivity index (χ3n) is 6.22. The van der Waals surface area contributed by atoms with Crippen molar-refractivity contribution in [2.45, 2.75) is 18.9 Å². The number of aromatic nitrogens is 2. The van der Waals surface area contributed by atoms with Gasteiger partial charge in [0.15, 0.2) is 5.58 Å². The number of hydrogen-bond acceptors (Lipinski definition) is 5. The summed E-state index contributed by atoms with van der Waals surface area (Å²) < 4.78 is 5.98. The summed E-state index contributed by atoms with van der Waals surface area (Å²) in [6, 6.07) is 24.2. The van der Waals surface area contributed by atoms with Gasteiger partial charge in [0.2, 0.25) is 0 Å². The Bertz CT molecular complexity index is 1370. The number of oxazole rings is 1. The number of anilines is 1. The van der Waals surface area contributed by atoms with Crippen molar-refractivity contribution < 1.29 is 9.21 Å². The summed E-state index contributed by atoms with van der Waals surface area (Å²) in [5.74, 6) is -0.0794. The molecule has 3 aromatic carbocycles. The van der Waals surface area contributed by atoms with E-state index in [0.717, 1.165) is 52.3 Å². The molecule has 1 saturated heterocycles. The fourth-order valence-corrected chi connectivity index (χ4v) is 4.67. The van der Waals surface area contributed by atoms with Crippen LogP contribution in [0.15, 0.2) is 77.2 Å². The van der Waals surface area contributed by atoms with Crippen molar-refractivity contribution in [3.05, 3.63) is 78.4 Å². The fraction of sp³-hybridized carbons (Fsp3) is 0.192. The third kappa shape index (κ3) is 3.15. The first-order chi connectivity index (χ1) is 15.8. The van der Waals surface area contributed by atoms with E-state index in [2.05, 4.69) is 15.2 Å². The van der Waals surface area contributed by atoms with Crippen LogP contribution in [0.25, 0.3) is 32.9 Å². The van der Waals surface area contributed by atoms with Crippen LogP contribution in [-0.2, 0) is 0 Å². The molecule has 1 fully saturated rings. The molecule has 1 unspecified atom stereocenters. The Kier molecular flexibility index (Phi) is 4.49. The summed E-state index contributed by atoms with van der Waals surface area (Å²) in [5.41, 5.74) is 3.96. The van der Waals surface area contributed by atoms with Crippen LogP contribution >= 0.6 is 0 Å². The van der Waals surface area contributed by atoms with E-state index < -0.39 is 0 Å². The molecule has 0 radical (unpaired) electrons. The summed E-state index contributed by atoms with van der Waals surface area (Å²) in [6.07, 6.45) is 2.03. The number of rotatable bonds is 4. The molecule has 3 heterocycles. The summed E-state index contributed by atoms with van der Waals surface area (Å²) in [5, 5.41) is 4.91. The molecule has 158 valence electrons. The second-order valence-electron chi connectivity index (χ2n) is 8.18. The molecular formula is C26H22N4O2. The Morgan fingerprint density at radius 1 is 0.906 bits per heavy atom. The van der Waals surface area contributed by atoms with Crippen molar-refractivity contribution in [3.63, 3.8) is 0 Å². The minimum atomic E-state index is -0.0794. The minimum absolute atomic E-state index is 0.0794. The molecule has 6 nitrogen and oxygen atoms in total. The highest BCUT2D eigenvalue weighted by Crippen LogP contribution is 2.29. The van der Waals surface area contributed by atoms with Gasteiger partial charge in [0.25, 0.3) is 11.9 Å². The normalized spacial score (nSPS) is 16.2. The molecule has 1 amide bonds. The van der Waals surface area contributed by atoms with Gasteiger partial charge in [-0.1, -0.05) is 48.5 Å². The van der Waals surface area contributed by atoms with Crippen LogP contribution in [0.2, 0.25) is 0 Å². The van der Waals surface area contributed by atoms with E-state index in [1.807, 2.05) is 72.8 Å². The van der Waals surface area contributed by atoms with Crippen molar-refractivity contribution in [3.8, 4) is 0 Å². The van der Waals surface area contributed by atoms with Gasteiger partial charge in [0.1, 0.15) is 5.52 Å².